The predicted octanol–water partition coefficient (Wildman–Crippen LogP) is 1.13. The minimum absolute atomic E-state index is 0.125. The molecule has 1 heterocycles. The summed E-state index contributed by atoms with van der Waals surface area (Å²) in [6.45, 7) is 12.3. The maximum absolute atomic E-state index is 7.62. The van der Waals surface area contributed by atoms with Gasteiger partial charge in [-0.05, 0) is 39.3 Å². The van der Waals surface area contributed by atoms with E-state index in [2.05, 4.69) is 39.3 Å². The monoisotopic (exact) mass is 284 g/mol. The highest BCUT2D eigenvalue weighted by Gasteiger charge is 2.49. The molecule has 2 N–H and O–H groups in total. The third kappa shape index (κ3) is 6.91. The van der Waals surface area contributed by atoms with Crippen molar-refractivity contribution in [2.45, 2.75) is 39.3 Å². The number of hydrogen-bond donors (Lipinski definition) is 2. The van der Waals surface area contributed by atoms with Crippen LogP contribution in [0.4, 0.5) is 0 Å². The highest BCUT2D eigenvalue weighted by atomic mass is 28.5. The summed E-state index contributed by atoms with van der Waals surface area (Å²) >= 11 is 0. The van der Waals surface area contributed by atoms with Crippen LogP contribution in [0.5, 0.6) is 0 Å². The molecular weight excluding hydrogens is 260 g/mol. The molecule has 0 spiro atoms. The van der Waals surface area contributed by atoms with Crippen molar-refractivity contribution in [3.8, 4) is 0 Å². The molecule has 0 aliphatic carbocycles. The Balaban J connectivity index is 0.000000487. The lowest BCUT2D eigenvalue weighted by Crippen LogP contribution is -2.64. The molecule has 0 aromatic rings. The first-order chi connectivity index (χ1) is 7.04. The molecule has 8 heteroatoms. The largest absolute Gasteiger partial charge is 0.416 e. The van der Waals surface area contributed by atoms with Gasteiger partial charge in [-0.1, -0.05) is 0 Å². The Hall–Kier alpha value is 0.451. The Morgan fingerprint density at radius 2 is 0.812 bits per heavy atom. The van der Waals surface area contributed by atoms with Crippen LogP contribution in [0.25, 0.3) is 0 Å². The summed E-state index contributed by atoms with van der Waals surface area (Å²) < 4.78 is 17.6. The summed E-state index contributed by atoms with van der Waals surface area (Å²) in [5.74, 6) is 0. The molecule has 1 rings (SSSR count). The van der Waals surface area contributed by atoms with Gasteiger partial charge in [0, 0.05) is 0 Å². The van der Waals surface area contributed by atoms with E-state index in [9.17, 15) is 0 Å². The lowest BCUT2D eigenvalue weighted by atomic mass is 10.8. The number of aliphatic hydroxyl groups is 2. The zero-order valence-electron chi connectivity index (χ0n) is 11.0. The normalized spacial score (nSPS) is 25.5. The van der Waals surface area contributed by atoms with E-state index in [-0.39, 0.29) is 13.2 Å². The van der Waals surface area contributed by atoms with E-state index >= 15 is 0 Å². The van der Waals surface area contributed by atoms with Crippen LogP contribution in [-0.4, -0.2) is 49.1 Å². The molecule has 1 saturated heterocycles. The standard InChI is InChI=1S/C6H18O3Si3.C2H6O2/c1-10(2)7-11(3,4)9-12(5,6)8-10;3-1-2-4/h1-6H3;3-4H,1-2H2. The Labute approximate surface area is 101 Å². The molecule has 1 aliphatic rings. The van der Waals surface area contributed by atoms with E-state index in [4.69, 9.17) is 22.6 Å². The summed E-state index contributed by atoms with van der Waals surface area (Å²) in [4.78, 5) is 0. The summed E-state index contributed by atoms with van der Waals surface area (Å²) in [5.41, 5.74) is 0. The maximum atomic E-state index is 7.62. The van der Waals surface area contributed by atoms with Gasteiger partial charge in [-0.15, -0.1) is 0 Å². The highest BCUT2D eigenvalue weighted by molar-refractivity contribution is 6.92. The Bertz CT molecular complexity index is 172. The van der Waals surface area contributed by atoms with Crippen molar-refractivity contribution in [2.75, 3.05) is 13.2 Å². The third-order valence-electron chi connectivity index (χ3n) is 1.57. The zero-order chi connectivity index (χ0) is 13.0. The first-order valence-electron chi connectivity index (χ1n) is 5.36. The van der Waals surface area contributed by atoms with Gasteiger partial charge in [0.05, 0.1) is 13.2 Å². The molecule has 98 valence electrons. The lowest BCUT2D eigenvalue weighted by Gasteiger charge is -2.46. The van der Waals surface area contributed by atoms with Crippen molar-refractivity contribution in [3.63, 3.8) is 0 Å². The second-order valence-corrected chi connectivity index (χ2v) is 15.8. The molecule has 0 radical (unpaired) electrons. The van der Waals surface area contributed by atoms with Gasteiger partial charge >= 0.3 is 25.7 Å². The van der Waals surface area contributed by atoms with Crippen LogP contribution in [0.15, 0.2) is 0 Å². The number of hydrogen-bond acceptors (Lipinski definition) is 5. The molecule has 1 aliphatic heterocycles. The average molecular weight is 285 g/mol. The zero-order valence-corrected chi connectivity index (χ0v) is 14.0. The minimum Gasteiger partial charge on any atom is -0.416 e. The molecule has 0 saturated carbocycles. The van der Waals surface area contributed by atoms with Crippen LogP contribution >= 0.6 is 0 Å². The summed E-state index contributed by atoms with van der Waals surface area (Å²) in [7, 11) is -5.59. The van der Waals surface area contributed by atoms with Crippen molar-refractivity contribution in [1.29, 1.82) is 0 Å². The SMILES string of the molecule is C[Si]1(C)O[Si](C)(C)O[Si](C)(C)O1.OCCO. The van der Waals surface area contributed by atoms with Gasteiger partial charge in [0.2, 0.25) is 0 Å². The van der Waals surface area contributed by atoms with Gasteiger partial charge in [-0.25, -0.2) is 0 Å². The van der Waals surface area contributed by atoms with Gasteiger partial charge in [-0.3, -0.25) is 0 Å². The second kappa shape index (κ2) is 5.87. The number of aliphatic hydroxyl groups excluding tert-OH is 2. The van der Waals surface area contributed by atoms with Gasteiger partial charge in [0.1, 0.15) is 0 Å². The summed E-state index contributed by atoms with van der Waals surface area (Å²) in [5, 5.41) is 15.2. The minimum atomic E-state index is -1.86. The molecule has 0 atom stereocenters. The molecule has 5 nitrogen and oxygen atoms in total. The number of rotatable bonds is 1. The van der Waals surface area contributed by atoms with Crippen LogP contribution in [0.2, 0.25) is 39.3 Å². The van der Waals surface area contributed by atoms with E-state index in [1.54, 1.807) is 0 Å². The van der Waals surface area contributed by atoms with E-state index < -0.39 is 25.7 Å². The molecule has 0 bridgehead atoms. The Morgan fingerprint density at radius 1 is 0.625 bits per heavy atom. The highest BCUT2D eigenvalue weighted by Crippen LogP contribution is 2.29. The molecule has 0 unspecified atom stereocenters. The fourth-order valence-corrected chi connectivity index (χ4v) is 17.7. The fraction of sp³-hybridized carbons (Fsp3) is 1.00. The second-order valence-electron chi connectivity index (χ2n) is 4.95. The molecule has 16 heavy (non-hydrogen) atoms. The van der Waals surface area contributed by atoms with E-state index in [1.165, 1.54) is 0 Å². The van der Waals surface area contributed by atoms with Crippen LogP contribution in [0.1, 0.15) is 0 Å². The lowest BCUT2D eigenvalue weighted by molar-refractivity contribution is 0.186. The quantitative estimate of drug-likeness (QED) is 0.707. The molecule has 0 aromatic carbocycles. The van der Waals surface area contributed by atoms with Crippen molar-refractivity contribution in [1.82, 2.24) is 0 Å². The fourth-order valence-electron chi connectivity index (χ4n) is 1.84. The van der Waals surface area contributed by atoms with Gasteiger partial charge < -0.3 is 22.6 Å². The van der Waals surface area contributed by atoms with Gasteiger partial charge in [0.25, 0.3) is 0 Å². The van der Waals surface area contributed by atoms with Crippen LogP contribution < -0.4 is 0 Å². The molecule has 1 fully saturated rings. The molecule has 0 aromatic heterocycles. The first kappa shape index (κ1) is 16.5. The van der Waals surface area contributed by atoms with Crippen molar-refractivity contribution in [2.24, 2.45) is 0 Å². The van der Waals surface area contributed by atoms with Crippen LogP contribution in [0.3, 0.4) is 0 Å². The molecular formula is C8H24O5Si3. The maximum Gasteiger partial charge on any atom is 0.314 e. The van der Waals surface area contributed by atoms with Crippen molar-refractivity contribution in [3.05, 3.63) is 0 Å². The van der Waals surface area contributed by atoms with E-state index in [0.717, 1.165) is 0 Å². The van der Waals surface area contributed by atoms with Crippen LogP contribution in [0, 0.1) is 0 Å². The Morgan fingerprint density at radius 3 is 0.938 bits per heavy atom. The van der Waals surface area contributed by atoms with Gasteiger partial charge in [-0.2, -0.15) is 0 Å². The first-order valence-corrected chi connectivity index (χ1v) is 13.8. The smallest absolute Gasteiger partial charge is 0.314 e. The predicted molar refractivity (Wildman–Crippen MR) is 69.9 cm³/mol. The van der Waals surface area contributed by atoms with Crippen LogP contribution in [-0.2, 0) is 12.3 Å². The third-order valence-corrected chi connectivity index (χ3v) is 13.4. The molecule has 0 amide bonds. The average Bonchev–Trinajstić information content (AvgIpc) is 1.95. The van der Waals surface area contributed by atoms with E-state index in [0.29, 0.717) is 0 Å². The summed E-state index contributed by atoms with van der Waals surface area (Å²) in [6, 6.07) is 0. The van der Waals surface area contributed by atoms with Crippen molar-refractivity contribution >= 4 is 25.7 Å². The topological polar surface area (TPSA) is 68.2 Å². The Kier molecular flexibility index (Phi) is 6.03. The van der Waals surface area contributed by atoms with E-state index in [1.807, 2.05) is 0 Å². The summed E-state index contributed by atoms with van der Waals surface area (Å²) in [6.07, 6.45) is 0. The van der Waals surface area contributed by atoms with Crippen molar-refractivity contribution < 1.29 is 22.6 Å². The van der Waals surface area contributed by atoms with Gasteiger partial charge in [0.15, 0.2) is 0 Å².